The van der Waals surface area contributed by atoms with Gasteiger partial charge in [-0.1, -0.05) is 34.6 Å². The quantitative estimate of drug-likeness (QED) is 0.0567. The van der Waals surface area contributed by atoms with Gasteiger partial charge < -0.3 is 29.9 Å². The van der Waals surface area contributed by atoms with Crippen molar-refractivity contribution in [3.63, 3.8) is 0 Å². The summed E-state index contributed by atoms with van der Waals surface area (Å²) in [6.45, 7) is 0. The number of fused-ring (bicyclic) bond motifs is 2. The first-order valence-corrected chi connectivity index (χ1v) is 14.4. The van der Waals surface area contributed by atoms with Crippen molar-refractivity contribution in [1.82, 2.24) is 15.1 Å². The summed E-state index contributed by atoms with van der Waals surface area (Å²) in [5, 5.41) is 16.0. The monoisotopic (exact) mass is 635 g/mol. The highest BCUT2D eigenvalue weighted by atomic mass is 35.5. The smallest absolute Gasteiger partial charge is 0.258 e. The molecule has 0 fully saturated rings. The van der Waals surface area contributed by atoms with Crippen LogP contribution in [0.4, 0.5) is 0 Å². The van der Waals surface area contributed by atoms with Crippen molar-refractivity contribution in [2.75, 3.05) is 14.2 Å². The largest absolute Gasteiger partial charge is 0.497 e. The van der Waals surface area contributed by atoms with Crippen LogP contribution in [-0.2, 0) is 6.42 Å². The molecule has 0 aliphatic heterocycles. The van der Waals surface area contributed by atoms with E-state index in [2.05, 4.69) is 32.4 Å². The van der Waals surface area contributed by atoms with Crippen molar-refractivity contribution >= 4 is 39.7 Å². The number of hydrogen-bond acceptors (Lipinski definition) is 8. The van der Waals surface area contributed by atoms with Crippen LogP contribution in [0.3, 0.4) is 0 Å². The SMILES string of the molecule is COc1ccc(-c2noc(-c3ccc4cc[nH]c4c3)n2)cc1.COc1ccc(/C(N)=N/O)cc1.O=C(Cl)c1ccc2c(c1)CC=C2. The van der Waals surface area contributed by atoms with E-state index in [1.807, 2.05) is 66.9 Å². The summed E-state index contributed by atoms with van der Waals surface area (Å²) in [5.41, 5.74) is 11.8. The summed E-state index contributed by atoms with van der Waals surface area (Å²) in [6.07, 6.45) is 6.95. The number of methoxy groups -OCH3 is 2. The third-order valence-electron chi connectivity index (χ3n) is 7.07. The van der Waals surface area contributed by atoms with Gasteiger partial charge in [0.1, 0.15) is 11.5 Å². The Kier molecular flexibility index (Phi) is 10.1. The van der Waals surface area contributed by atoms with Crippen LogP contribution in [0, 0.1) is 0 Å². The second-order valence-corrected chi connectivity index (χ2v) is 10.3. The van der Waals surface area contributed by atoms with Gasteiger partial charge in [0.2, 0.25) is 5.82 Å². The standard InChI is InChI=1S/C17H13N3O2.C10H7ClO.C8H10N2O2/c1-21-14-6-4-12(5-7-14)16-19-17(22-20-16)13-3-2-11-8-9-18-15(11)10-13;11-10(12)9-5-4-7-2-1-3-8(7)6-9;1-12-7-4-2-6(3-5-7)8(9)10-11/h2-10,18H,1H3;1-2,4-6H,3H2;2-5,11H,1H3,(H2,9,10). The van der Waals surface area contributed by atoms with Gasteiger partial charge in [0.05, 0.1) is 14.2 Å². The van der Waals surface area contributed by atoms with Crippen molar-refractivity contribution < 1.29 is 24.0 Å². The van der Waals surface area contributed by atoms with E-state index in [0.717, 1.165) is 39.9 Å². The average Bonchev–Trinajstić information content (AvgIpc) is 3.89. The number of aromatic nitrogens is 3. The van der Waals surface area contributed by atoms with Crippen LogP contribution in [0.1, 0.15) is 27.0 Å². The van der Waals surface area contributed by atoms with Gasteiger partial charge in [-0.25, -0.2) is 0 Å². The molecule has 0 bridgehead atoms. The second kappa shape index (κ2) is 14.7. The Morgan fingerprint density at radius 1 is 0.913 bits per heavy atom. The Balaban J connectivity index is 0.000000148. The zero-order valence-electron chi connectivity index (χ0n) is 25.0. The molecule has 0 atom stereocenters. The van der Waals surface area contributed by atoms with E-state index >= 15 is 0 Å². The molecule has 0 unspecified atom stereocenters. The molecule has 0 saturated heterocycles. The van der Waals surface area contributed by atoms with E-state index in [0.29, 0.717) is 22.8 Å². The lowest BCUT2D eigenvalue weighted by molar-refractivity contribution is 0.108. The molecule has 0 amide bonds. The lowest BCUT2D eigenvalue weighted by atomic mass is 10.1. The van der Waals surface area contributed by atoms with E-state index in [1.165, 1.54) is 11.1 Å². The van der Waals surface area contributed by atoms with Gasteiger partial charge in [-0.05, 0) is 113 Å². The highest BCUT2D eigenvalue weighted by Crippen LogP contribution is 2.26. The number of carbonyl (C=O) groups excluding carboxylic acids is 1. The van der Waals surface area contributed by atoms with Crippen LogP contribution in [0.25, 0.3) is 39.8 Å². The van der Waals surface area contributed by atoms with E-state index in [1.54, 1.807) is 44.6 Å². The fourth-order valence-corrected chi connectivity index (χ4v) is 4.70. The Bertz CT molecular complexity index is 2000. The number of aromatic amines is 1. The third-order valence-corrected chi connectivity index (χ3v) is 7.29. The number of H-pyrrole nitrogens is 1. The molecule has 6 aromatic rings. The predicted octanol–water partition coefficient (Wildman–Crippen LogP) is 7.32. The first-order chi connectivity index (χ1) is 22.4. The topological polar surface area (TPSA) is 149 Å². The molecule has 2 aromatic heterocycles. The molecule has 232 valence electrons. The van der Waals surface area contributed by atoms with Crippen molar-refractivity contribution in [2.45, 2.75) is 6.42 Å². The Labute approximate surface area is 269 Å². The number of rotatable bonds is 6. The van der Waals surface area contributed by atoms with Crippen LogP contribution in [0.2, 0.25) is 0 Å². The maximum atomic E-state index is 10.8. The summed E-state index contributed by atoms with van der Waals surface area (Å²) in [5.74, 6) is 2.69. The number of benzene rings is 4. The van der Waals surface area contributed by atoms with Crippen LogP contribution >= 0.6 is 11.6 Å². The first kappa shape index (κ1) is 31.6. The number of allylic oxidation sites excluding steroid dienone is 1. The number of nitrogens with one attached hydrogen (secondary N) is 1. The molecule has 10 nitrogen and oxygen atoms in total. The zero-order valence-corrected chi connectivity index (χ0v) is 25.7. The maximum absolute atomic E-state index is 10.8. The van der Waals surface area contributed by atoms with E-state index in [-0.39, 0.29) is 11.1 Å². The molecule has 1 aliphatic rings. The number of halogens is 1. The summed E-state index contributed by atoms with van der Waals surface area (Å²) in [7, 11) is 3.22. The van der Waals surface area contributed by atoms with Gasteiger partial charge in [-0.2, -0.15) is 4.98 Å². The molecular weight excluding hydrogens is 606 g/mol. The van der Waals surface area contributed by atoms with Gasteiger partial charge >= 0.3 is 0 Å². The fraction of sp³-hybridized carbons (Fsp3) is 0.0857. The van der Waals surface area contributed by atoms with Crippen molar-refractivity contribution in [3.8, 4) is 34.3 Å². The summed E-state index contributed by atoms with van der Waals surface area (Å²) in [6, 6.07) is 28.0. The molecule has 0 saturated carbocycles. The maximum Gasteiger partial charge on any atom is 0.258 e. The molecule has 2 heterocycles. The normalized spacial score (nSPS) is 11.6. The van der Waals surface area contributed by atoms with Crippen LogP contribution in [0.5, 0.6) is 11.5 Å². The molecule has 0 spiro atoms. The van der Waals surface area contributed by atoms with Crippen molar-refractivity contribution in [3.05, 3.63) is 126 Å². The highest BCUT2D eigenvalue weighted by Gasteiger charge is 2.12. The van der Waals surface area contributed by atoms with Crippen LogP contribution in [0.15, 0.2) is 113 Å². The van der Waals surface area contributed by atoms with Crippen LogP contribution < -0.4 is 15.2 Å². The number of carbonyl (C=O) groups is 1. The lowest BCUT2D eigenvalue weighted by Crippen LogP contribution is -2.12. The Morgan fingerprint density at radius 2 is 1.59 bits per heavy atom. The number of nitrogens with zero attached hydrogens (tertiary/aromatic N) is 3. The van der Waals surface area contributed by atoms with Gasteiger partial charge in [0, 0.05) is 34.0 Å². The molecule has 46 heavy (non-hydrogen) atoms. The van der Waals surface area contributed by atoms with Gasteiger partial charge in [0.25, 0.3) is 11.1 Å². The lowest BCUT2D eigenvalue weighted by Gasteiger charge is -2.00. The van der Waals surface area contributed by atoms with E-state index in [9.17, 15) is 4.79 Å². The predicted molar refractivity (Wildman–Crippen MR) is 178 cm³/mol. The first-order valence-electron chi connectivity index (χ1n) is 14.1. The molecule has 1 aliphatic carbocycles. The third kappa shape index (κ3) is 7.61. The number of nitrogens with two attached hydrogens (primary N) is 1. The highest BCUT2D eigenvalue weighted by molar-refractivity contribution is 6.67. The summed E-state index contributed by atoms with van der Waals surface area (Å²) in [4.78, 5) is 18.4. The van der Waals surface area contributed by atoms with E-state index in [4.69, 9.17) is 36.5 Å². The summed E-state index contributed by atoms with van der Waals surface area (Å²) >= 11 is 5.35. The van der Waals surface area contributed by atoms with Gasteiger partial charge in [0.15, 0.2) is 5.84 Å². The second-order valence-electron chi connectivity index (χ2n) is 9.94. The number of oxime groups is 1. The molecule has 0 radical (unpaired) electrons. The Hall–Kier alpha value is -5.87. The molecule has 4 N–H and O–H groups in total. The molecule has 11 heteroatoms. The fourth-order valence-electron chi connectivity index (χ4n) is 4.58. The van der Waals surface area contributed by atoms with Crippen LogP contribution in [-0.4, -0.2) is 45.6 Å². The molecular formula is C35H30ClN5O5. The molecule has 7 rings (SSSR count). The summed E-state index contributed by atoms with van der Waals surface area (Å²) < 4.78 is 15.5. The minimum Gasteiger partial charge on any atom is -0.497 e. The zero-order chi connectivity index (χ0) is 32.5. The number of amidine groups is 1. The molecule has 4 aromatic carbocycles. The van der Waals surface area contributed by atoms with Gasteiger partial charge in [-0.15, -0.1) is 0 Å². The van der Waals surface area contributed by atoms with E-state index < -0.39 is 0 Å². The number of ether oxygens (including phenoxy) is 2. The van der Waals surface area contributed by atoms with Crippen molar-refractivity contribution in [2.24, 2.45) is 10.9 Å². The average molecular weight is 636 g/mol. The Morgan fingerprint density at radius 3 is 2.26 bits per heavy atom. The van der Waals surface area contributed by atoms with Gasteiger partial charge in [-0.3, -0.25) is 4.79 Å². The number of hydrogen-bond donors (Lipinski definition) is 3. The minimum absolute atomic E-state index is 0.0950. The van der Waals surface area contributed by atoms with Crippen molar-refractivity contribution in [1.29, 1.82) is 0 Å². The minimum atomic E-state index is -0.385.